The average molecular weight is 301 g/mol. The van der Waals surface area contributed by atoms with Crippen molar-refractivity contribution in [1.29, 1.82) is 0 Å². The number of benzene rings is 1. The van der Waals surface area contributed by atoms with Gasteiger partial charge in [-0.05, 0) is 31.0 Å². The summed E-state index contributed by atoms with van der Waals surface area (Å²) in [6, 6.07) is 3.68. The molecule has 21 heavy (non-hydrogen) atoms. The molecule has 1 aliphatic heterocycles. The van der Waals surface area contributed by atoms with Gasteiger partial charge in [-0.15, -0.1) is 0 Å². The Morgan fingerprint density at radius 2 is 1.95 bits per heavy atom. The van der Waals surface area contributed by atoms with Crippen LogP contribution in [0.2, 0.25) is 0 Å². The molecule has 1 aromatic rings. The second kappa shape index (κ2) is 5.83. The first-order chi connectivity index (χ1) is 9.79. The summed E-state index contributed by atoms with van der Waals surface area (Å²) in [6.07, 6.45) is -2.54. The zero-order chi connectivity index (χ0) is 15.6. The van der Waals surface area contributed by atoms with E-state index in [4.69, 9.17) is 5.73 Å². The molecule has 0 unspecified atom stereocenters. The maximum atomic E-state index is 12.8. The topological polar surface area (TPSA) is 49.6 Å². The molecule has 1 aromatic carbocycles. The minimum absolute atomic E-state index is 0.0568. The van der Waals surface area contributed by atoms with E-state index in [0.717, 1.165) is 32.0 Å². The third-order valence-corrected chi connectivity index (χ3v) is 3.61. The normalized spacial score (nSPS) is 15.3. The molecule has 1 heterocycles. The summed E-state index contributed by atoms with van der Waals surface area (Å²) in [5.41, 5.74) is 4.50. The van der Waals surface area contributed by atoms with E-state index in [1.165, 1.54) is 17.0 Å². The fourth-order valence-electron chi connectivity index (χ4n) is 2.39. The predicted molar refractivity (Wildman–Crippen MR) is 74.9 cm³/mol. The molecule has 0 atom stereocenters. The second-order valence-electron chi connectivity index (χ2n) is 5.21. The number of halogens is 3. The summed E-state index contributed by atoms with van der Waals surface area (Å²) < 4.78 is 38.5. The summed E-state index contributed by atoms with van der Waals surface area (Å²) in [6.45, 7) is 1.51. The number of hydrogen-bond donors (Lipinski definition) is 1. The van der Waals surface area contributed by atoms with E-state index in [1.807, 2.05) is 0 Å². The number of anilines is 2. The van der Waals surface area contributed by atoms with E-state index >= 15 is 0 Å². The number of carbonyl (C=O) groups is 1. The predicted octanol–water partition coefficient (Wildman–Crippen LogP) is 2.35. The Morgan fingerprint density at radius 3 is 2.52 bits per heavy atom. The lowest BCUT2D eigenvalue weighted by atomic mass is 10.1. The zero-order valence-electron chi connectivity index (χ0n) is 11.8. The number of amides is 1. The molecule has 1 amide bonds. The van der Waals surface area contributed by atoms with E-state index in [2.05, 4.69) is 0 Å². The Bertz CT molecular complexity index is 525. The van der Waals surface area contributed by atoms with Gasteiger partial charge in [0, 0.05) is 31.5 Å². The lowest BCUT2D eigenvalue weighted by Crippen LogP contribution is -2.37. The molecule has 0 aliphatic carbocycles. The molecule has 1 saturated heterocycles. The highest BCUT2D eigenvalue weighted by Gasteiger charge is 2.33. The Balaban J connectivity index is 2.12. The van der Waals surface area contributed by atoms with Crippen molar-refractivity contribution in [2.75, 3.05) is 37.3 Å². The van der Waals surface area contributed by atoms with E-state index < -0.39 is 11.7 Å². The van der Waals surface area contributed by atoms with E-state index in [0.29, 0.717) is 5.69 Å². The van der Waals surface area contributed by atoms with Crippen molar-refractivity contribution in [3.63, 3.8) is 0 Å². The molecule has 1 fully saturated rings. The third-order valence-electron chi connectivity index (χ3n) is 3.61. The molecule has 0 radical (unpaired) electrons. The van der Waals surface area contributed by atoms with Crippen molar-refractivity contribution < 1.29 is 18.0 Å². The van der Waals surface area contributed by atoms with Crippen LogP contribution in [0.3, 0.4) is 0 Å². The highest BCUT2D eigenvalue weighted by Crippen LogP contribution is 2.35. The van der Waals surface area contributed by atoms with Crippen molar-refractivity contribution >= 4 is 17.3 Å². The summed E-state index contributed by atoms with van der Waals surface area (Å²) in [5, 5.41) is 0. The first-order valence-electron chi connectivity index (χ1n) is 6.74. The first kappa shape index (κ1) is 15.5. The van der Waals surface area contributed by atoms with Crippen LogP contribution in [0.15, 0.2) is 18.2 Å². The van der Waals surface area contributed by atoms with Gasteiger partial charge in [-0.3, -0.25) is 4.79 Å². The van der Waals surface area contributed by atoms with Crippen molar-refractivity contribution in [2.45, 2.75) is 19.0 Å². The molecule has 4 nitrogen and oxygen atoms in total. The van der Waals surface area contributed by atoms with Crippen LogP contribution in [0.1, 0.15) is 18.4 Å². The van der Waals surface area contributed by atoms with Crippen molar-refractivity contribution in [1.82, 2.24) is 4.90 Å². The van der Waals surface area contributed by atoms with Gasteiger partial charge in [-0.1, -0.05) is 0 Å². The van der Waals surface area contributed by atoms with Crippen LogP contribution < -0.4 is 10.6 Å². The van der Waals surface area contributed by atoms with E-state index in [-0.39, 0.29) is 18.1 Å². The van der Waals surface area contributed by atoms with Gasteiger partial charge in [0.2, 0.25) is 5.91 Å². The Kier molecular flexibility index (Phi) is 4.29. The average Bonchev–Trinajstić information content (AvgIpc) is 2.91. The fraction of sp³-hybridized carbons (Fsp3) is 0.500. The van der Waals surface area contributed by atoms with Gasteiger partial charge in [0.15, 0.2) is 0 Å². The van der Waals surface area contributed by atoms with Gasteiger partial charge in [-0.25, -0.2) is 0 Å². The molecule has 7 heteroatoms. The highest BCUT2D eigenvalue weighted by molar-refractivity contribution is 5.81. The Labute approximate surface area is 121 Å². The number of hydrogen-bond acceptors (Lipinski definition) is 3. The van der Waals surface area contributed by atoms with Gasteiger partial charge in [0.1, 0.15) is 0 Å². The van der Waals surface area contributed by atoms with Crippen molar-refractivity contribution in [3.05, 3.63) is 23.8 Å². The van der Waals surface area contributed by atoms with Crippen molar-refractivity contribution in [2.24, 2.45) is 0 Å². The molecule has 0 aromatic heterocycles. The molecule has 2 rings (SSSR count). The zero-order valence-corrected chi connectivity index (χ0v) is 11.8. The minimum atomic E-state index is -4.50. The summed E-state index contributed by atoms with van der Waals surface area (Å²) in [7, 11) is 1.60. The highest BCUT2D eigenvalue weighted by atomic mass is 19.4. The lowest BCUT2D eigenvalue weighted by molar-refractivity contribution is -0.136. The number of carbonyl (C=O) groups excluding carboxylic acids is 1. The number of likely N-dealkylation sites (tertiary alicyclic amines) is 1. The van der Waals surface area contributed by atoms with Crippen LogP contribution in [0.4, 0.5) is 24.5 Å². The number of nitrogens with zero attached hydrogens (tertiary/aromatic N) is 2. The fourth-order valence-corrected chi connectivity index (χ4v) is 2.39. The quantitative estimate of drug-likeness (QED) is 0.872. The monoisotopic (exact) mass is 301 g/mol. The smallest absolute Gasteiger partial charge is 0.398 e. The molecule has 0 spiro atoms. The molecule has 0 saturated carbocycles. The van der Waals surface area contributed by atoms with Crippen molar-refractivity contribution in [3.8, 4) is 0 Å². The SMILES string of the molecule is CN(CC(=O)N1CCCC1)c1ccc(N)c(C(F)(F)F)c1. The number of rotatable bonds is 3. The standard InChI is InChI=1S/C14H18F3N3O/c1-19(9-13(21)20-6-2-3-7-20)10-4-5-12(18)11(8-10)14(15,16)17/h4-5,8H,2-3,6-7,9,18H2,1H3. The van der Waals surface area contributed by atoms with Gasteiger partial charge in [0.05, 0.1) is 12.1 Å². The van der Waals surface area contributed by atoms with Crippen LogP contribution in [0, 0.1) is 0 Å². The lowest BCUT2D eigenvalue weighted by Gasteiger charge is -2.24. The summed E-state index contributed by atoms with van der Waals surface area (Å²) >= 11 is 0. The number of nitrogens with two attached hydrogens (primary N) is 1. The van der Waals surface area contributed by atoms with Crippen LogP contribution in [0.5, 0.6) is 0 Å². The largest absolute Gasteiger partial charge is 0.418 e. The minimum Gasteiger partial charge on any atom is -0.398 e. The molecule has 116 valence electrons. The van der Waals surface area contributed by atoms with Crippen LogP contribution in [-0.2, 0) is 11.0 Å². The van der Waals surface area contributed by atoms with Crippen LogP contribution in [0.25, 0.3) is 0 Å². The van der Waals surface area contributed by atoms with Gasteiger partial charge < -0.3 is 15.5 Å². The van der Waals surface area contributed by atoms with Gasteiger partial charge >= 0.3 is 6.18 Å². The molecule has 0 bridgehead atoms. The molecular weight excluding hydrogens is 283 g/mol. The van der Waals surface area contributed by atoms with Gasteiger partial charge in [0.25, 0.3) is 0 Å². The van der Waals surface area contributed by atoms with Gasteiger partial charge in [-0.2, -0.15) is 13.2 Å². The number of alkyl halides is 3. The molecular formula is C14H18F3N3O. The Hall–Kier alpha value is -1.92. The van der Waals surface area contributed by atoms with E-state index in [1.54, 1.807) is 11.9 Å². The molecule has 2 N–H and O–H groups in total. The molecule has 1 aliphatic rings. The summed E-state index contributed by atoms with van der Waals surface area (Å²) in [5.74, 6) is -0.0691. The number of nitrogen functional groups attached to an aromatic ring is 1. The Morgan fingerprint density at radius 1 is 1.33 bits per heavy atom. The van der Waals surface area contributed by atoms with Crippen LogP contribution in [-0.4, -0.2) is 37.5 Å². The van der Waals surface area contributed by atoms with E-state index in [9.17, 15) is 18.0 Å². The second-order valence-corrected chi connectivity index (χ2v) is 5.21. The van der Waals surface area contributed by atoms with Crippen LogP contribution >= 0.6 is 0 Å². The number of likely N-dealkylation sites (N-methyl/N-ethyl adjacent to an activating group) is 1. The third kappa shape index (κ3) is 3.59. The summed E-state index contributed by atoms with van der Waals surface area (Å²) in [4.78, 5) is 15.3. The maximum Gasteiger partial charge on any atom is 0.418 e. The first-order valence-corrected chi connectivity index (χ1v) is 6.74. The maximum absolute atomic E-state index is 12.8.